The highest BCUT2D eigenvalue weighted by Gasteiger charge is 2.22. The van der Waals surface area contributed by atoms with Gasteiger partial charge in [0.05, 0.1) is 24.3 Å². The van der Waals surface area contributed by atoms with Gasteiger partial charge in [0.1, 0.15) is 11.5 Å². The summed E-state index contributed by atoms with van der Waals surface area (Å²) in [5, 5.41) is 4.92. The number of hydrogen-bond donors (Lipinski definition) is 0. The van der Waals surface area contributed by atoms with Gasteiger partial charge in [-0.25, -0.2) is 0 Å². The average Bonchev–Trinajstić information content (AvgIpc) is 3.42. The number of para-hydroxylation sites is 2. The second-order valence-electron chi connectivity index (χ2n) is 9.14. The normalized spacial score (nSPS) is 11.4. The molecule has 4 aromatic carbocycles. The zero-order valence-electron chi connectivity index (χ0n) is 21.8. The molecule has 6 aromatic rings. The predicted octanol–water partition coefficient (Wildman–Crippen LogP) is 8.82. The van der Waals surface area contributed by atoms with Crippen molar-refractivity contribution in [3.8, 4) is 33.8 Å². The quantitative estimate of drug-likeness (QED) is 0.191. The summed E-state index contributed by atoms with van der Waals surface area (Å²) in [7, 11) is 11.3. The number of ether oxygens (including phenoxy) is 2. The first-order chi connectivity index (χ1) is 18.6. The van der Waals surface area contributed by atoms with Gasteiger partial charge in [-0.1, -0.05) is 60.7 Å². The molecule has 0 unspecified atom stereocenters. The van der Waals surface area contributed by atoms with Crippen LogP contribution < -0.4 is 9.47 Å². The highest BCUT2D eigenvalue weighted by molar-refractivity contribution is 8.76. The molecule has 6 heteroatoms. The van der Waals surface area contributed by atoms with E-state index in [2.05, 4.69) is 96.0 Å². The number of aromatic nitrogens is 2. The smallest absolute Gasteiger partial charge is 0.118 e. The molecule has 0 N–H and O–H groups in total. The van der Waals surface area contributed by atoms with Crippen LogP contribution in [0.5, 0.6) is 11.5 Å². The van der Waals surface area contributed by atoms with E-state index < -0.39 is 0 Å². The van der Waals surface area contributed by atoms with Crippen LogP contribution in [0.4, 0.5) is 0 Å². The van der Waals surface area contributed by atoms with Crippen molar-refractivity contribution in [1.29, 1.82) is 0 Å². The molecule has 190 valence electrons. The Morgan fingerprint density at radius 1 is 0.500 bits per heavy atom. The largest absolute Gasteiger partial charge is 0.497 e. The first-order valence-corrected chi connectivity index (χ1v) is 14.5. The Kier molecular flexibility index (Phi) is 6.60. The minimum atomic E-state index is 0.859. The first kappa shape index (κ1) is 24.6. The van der Waals surface area contributed by atoms with Crippen molar-refractivity contribution in [2.75, 3.05) is 14.2 Å². The van der Waals surface area contributed by atoms with Gasteiger partial charge in [0.15, 0.2) is 0 Å². The summed E-state index contributed by atoms with van der Waals surface area (Å²) in [5.41, 5.74) is 7.28. The standard InChI is InChI=1S/C32H28N2O2S2/c1-33-27-11-7-5-9-25(27)29(21-13-17-23(35-3)18-14-21)31(33)37-38-32-30(22-15-19-24(36-4)20-16-22)26-10-6-8-12-28(26)34(32)2/h5-20H,1-4H3. The van der Waals surface area contributed by atoms with E-state index in [1.807, 2.05) is 24.3 Å². The minimum Gasteiger partial charge on any atom is -0.497 e. The van der Waals surface area contributed by atoms with E-state index in [0.29, 0.717) is 0 Å². The molecule has 0 aliphatic heterocycles. The van der Waals surface area contributed by atoms with E-state index in [0.717, 1.165) is 11.5 Å². The maximum atomic E-state index is 5.42. The van der Waals surface area contributed by atoms with Gasteiger partial charge in [-0.15, -0.1) is 0 Å². The van der Waals surface area contributed by atoms with Gasteiger partial charge in [-0.3, -0.25) is 0 Å². The summed E-state index contributed by atoms with van der Waals surface area (Å²) in [6, 6.07) is 34.0. The molecule has 6 rings (SSSR count). The van der Waals surface area contributed by atoms with Crippen molar-refractivity contribution < 1.29 is 9.47 Å². The number of rotatable bonds is 7. The van der Waals surface area contributed by atoms with E-state index in [4.69, 9.17) is 9.47 Å². The third kappa shape index (κ3) is 4.14. The lowest BCUT2D eigenvalue weighted by atomic mass is 10.0. The van der Waals surface area contributed by atoms with Crippen molar-refractivity contribution in [3.05, 3.63) is 97.1 Å². The number of aryl methyl sites for hydroxylation is 2. The molecular formula is C32H28N2O2S2. The van der Waals surface area contributed by atoms with Crippen molar-refractivity contribution in [1.82, 2.24) is 9.13 Å². The van der Waals surface area contributed by atoms with E-state index in [1.54, 1.807) is 35.8 Å². The molecule has 2 heterocycles. The maximum Gasteiger partial charge on any atom is 0.118 e. The summed E-state index contributed by atoms with van der Waals surface area (Å²) in [6.45, 7) is 0. The van der Waals surface area contributed by atoms with Crippen LogP contribution in [0.2, 0.25) is 0 Å². The van der Waals surface area contributed by atoms with Gasteiger partial charge in [0, 0.05) is 47.0 Å². The fourth-order valence-corrected chi connectivity index (χ4v) is 7.93. The van der Waals surface area contributed by atoms with Gasteiger partial charge < -0.3 is 18.6 Å². The highest BCUT2D eigenvalue weighted by Crippen LogP contribution is 2.50. The molecule has 38 heavy (non-hydrogen) atoms. The molecule has 0 saturated heterocycles. The number of hydrogen-bond acceptors (Lipinski definition) is 4. The Hall–Kier alpha value is -3.74. The average molecular weight is 537 g/mol. The van der Waals surface area contributed by atoms with E-state index in [9.17, 15) is 0 Å². The minimum absolute atomic E-state index is 0.859. The third-order valence-corrected chi connectivity index (χ3v) is 9.62. The van der Waals surface area contributed by atoms with Crippen LogP contribution in [-0.4, -0.2) is 23.4 Å². The second kappa shape index (κ2) is 10.2. The number of fused-ring (bicyclic) bond motifs is 2. The molecule has 0 spiro atoms. The fraction of sp³-hybridized carbons (Fsp3) is 0.125. The maximum absolute atomic E-state index is 5.42. The Morgan fingerprint density at radius 3 is 1.24 bits per heavy atom. The zero-order valence-corrected chi connectivity index (χ0v) is 23.4. The Labute approximate surface area is 230 Å². The summed E-state index contributed by atoms with van der Waals surface area (Å²) < 4.78 is 15.5. The predicted molar refractivity (Wildman–Crippen MR) is 162 cm³/mol. The Balaban J connectivity index is 1.48. The van der Waals surface area contributed by atoms with Crippen LogP contribution in [0.3, 0.4) is 0 Å². The van der Waals surface area contributed by atoms with Crippen molar-refractivity contribution in [2.45, 2.75) is 10.1 Å². The van der Waals surface area contributed by atoms with E-state index in [-0.39, 0.29) is 0 Å². The van der Waals surface area contributed by atoms with E-state index in [1.165, 1.54) is 54.1 Å². The number of benzene rings is 4. The fourth-order valence-electron chi connectivity index (χ4n) is 5.09. The Bertz CT molecular complexity index is 1620. The van der Waals surface area contributed by atoms with Crippen molar-refractivity contribution >= 4 is 43.4 Å². The molecule has 0 bridgehead atoms. The van der Waals surface area contributed by atoms with Crippen LogP contribution in [0.15, 0.2) is 107 Å². The van der Waals surface area contributed by atoms with Crippen molar-refractivity contribution in [3.63, 3.8) is 0 Å². The van der Waals surface area contributed by atoms with Gasteiger partial charge in [0.25, 0.3) is 0 Å². The van der Waals surface area contributed by atoms with Crippen LogP contribution in [0, 0.1) is 0 Å². The van der Waals surface area contributed by atoms with Crippen LogP contribution in [0.25, 0.3) is 44.1 Å². The first-order valence-electron chi connectivity index (χ1n) is 12.4. The second-order valence-corrected chi connectivity index (χ2v) is 11.2. The SMILES string of the molecule is COc1ccc(-c2c(SSc3c(-c4ccc(OC)cc4)c4ccccc4n3C)n(C)c3ccccc23)cc1. The highest BCUT2D eigenvalue weighted by atomic mass is 33.1. The lowest BCUT2D eigenvalue weighted by Crippen LogP contribution is -1.92. The topological polar surface area (TPSA) is 28.3 Å². The number of nitrogens with zero attached hydrogens (tertiary/aromatic N) is 2. The molecule has 0 aliphatic rings. The Morgan fingerprint density at radius 2 is 0.868 bits per heavy atom. The van der Waals surface area contributed by atoms with Gasteiger partial charge in [-0.05, 0) is 69.1 Å². The monoisotopic (exact) mass is 536 g/mol. The summed E-state index contributed by atoms with van der Waals surface area (Å²) in [6.07, 6.45) is 0. The third-order valence-electron chi connectivity index (χ3n) is 7.06. The molecule has 2 aromatic heterocycles. The van der Waals surface area contributed by atoms with Crippen LogP contribution >= 0.6 is 21.6 Å². The van der Waals surface area contributed by atoms with Crippen molar-refractivity contribution in [2.24, 2.45) is 14.1 Å². The van der Waals surface area contributed by atoms with Crippen LogP contribution in [0.1, 0.15) is 0 Å². The van der Waals surface area contributed by atoms with E-state index >= 15 is 0 Å². The molecule has 0 aliphatic carbocycles. The molecule has 0 radical (unpaired) electrons. The van der Waals surface area contributed by atoms with Gasteiger partial charge in [-0.2, -0.15) is 0 Å². The summed E-state index contributed by atoms with van der Waals surface area (Å²) >= 11 is 0. The molecule has 0 saturated carbocycles. The molecular weight excluding hydrogens is 508 g/mol. The van der Waals surface area contributed by atoms with Gasteiger partial charge >= 0.3 is 0 Å². The molecule has 0 amide bonds. The molecule has 4 nitrogen and oxygen atoms in total. The number of methoxy groups -OCH3 is 2. The molecule has 0 atom stereocenters. The van der Waals surface area contributed by atoms with Crippen LogP contribution in [-0.2, 0) is 14.1 Å². The lowest BCUT2D eigenvalue weighted by molar-refractivity contribution is 0.415. The zero-order chi connectivity index (χ0) is 26.2. The van der Waals surface area contributed by atoms with Gasteiger partial charge in [0.2, 0.25) is 0 Å². The lowest BCUT2D eigenvalue weighted by Gasteiger charge is -2.11. The summed E-state index contributed by atoms with van der Waals surface area (Å²) in [5.74, 6) is 1.72. The molecule has 0 fully saturated rings. The summed E-state index contributed by atoms with van der Waals surface area (Å²) in [4.78, 5) is 0.